The smallest absolute Gasteiger partial charge is 0.303 e. The van der Waals surface area contributed by atoms with Crippen LogP contribution in [0.2, 0.25) is 0 Å². The third-order valence-electron chi connectivity index (χ3n) is 4.15. The number of hydrogen-bond acceptors (Lipinski definition) is 7. The van der Waals surface area contributed by atoms with Gasteiger partial charge in [-0.15, -0.1) is 0 Å². The Labute approximate surface area is 178 Å². The van der Waals surface area contributed by atoms with Crippen molar-refractivity contribution in [3.8, 4) is 11.8 Å². The Morgan fingerprint density at radius 2 is 1.60 bits per heavy atom. The first kappa shape index (κ1) is 25.2. The lowest BCUT2D eigenvalue weighted by molar-refractivity contribution is -0.186. The minimum absolute atomic E-state index is 0.347. The summed E-state index contributed by atoms with van der Waals surface area (Å²) < 4.78 is 21.5. The number of ether oxygens (including phenoxy) is 4. The molecule has 7 heteroatoms. The second kappa shape index (κ2) is 12.0. The molecule has 0 heterocycles. The van der Waals surface area contributed by atoms with E-state index in [1.807, 2.05) is 13.8 Å². The minimum atomic E-state index is -1.03. The first-order valence-electron chi connectivity index (χ1n) is 9.64. The summed E-state index contributed by atoms with van der Waals surface area (Å²) in [4.78, 5) is 34.9. The zero-order valence-electron chi connectivity index (χ0n) is 18.4. The molecule has 1 aliphatic rings. The molecule has 30 heavy (non-hydrogen) atoms. The summed E-state index contributed by atoms with van der Waals surface area (Å²) in [5, 5.41) is 0. The van der Waals surface area contributed by atoms with Crippen LogP contribution in [0, 0.1) is 11.8 Å². The highest BCUT2D eigenvalue weighted by Crippen LogP contribution is 2.29. The molecule has 164 valence electrons. The number of hydrogen-bond donors (Lipinski definition) is 0. The molecule has 0 aromatic heterocycles. The van der Waals surface area contributed by atoms with Crippen LogP contribution in [0.25, 0.3) is 0 Å². The van der Waals surface area contributed by atoms with Gasteiger partial charge in [-0.3, -0.25) is 14.4 Å². The maximum absolute atomic E-state index is 11.7. The summed E-state index contributed by atoms with van der Waals surface area (Å²) in [5.74, 6) is 4.19. The third kappa shape index (κ3) is 8.26. The zero-order chi connectivity index (χ0) is 22.8. The van der Waals surface area contributed by atoms with Crippen molar-refractivity contribution in [1.29, 1.82) is 0 Å². The minimum Gasteiger partial charge on any atom is -0.455 e. The van der Waals surface area contributed by atoms with Gasteiger partial charge in [0.15, 0.2) is 18.3 Å². The van der Waals surface area contributed by atoms with Crippen molar-refractivity contribution in [2.45, 2.75) is 71.9 Å². The molecule has 1 rings (SSSR count). The predicted octanol–water partition coefficient (Wildman–Crippen LogP) is 3.04. The first-order valence-corrected chi connectivity index (χ1v) is 9.64. The Hall–Kier alpha value is -2.85. The zero-order valence-corrected chi connectivity index (χ0v) is 18.4. The number of carbonyl (C=O) groups excluding carboxylic acids is 3. The standard InChI is InChI=1S/C23H30O7/c1-14(2)9-8-10-15(3)11-12-19-13-20(28-16(4)24)22(27-7)23(30-18(6)26)21(19)29-17(5)25/h9,13,20-23H,3,8,10H2,1-2,4-7H3/t20-,21-,22-,23-/m0/s1. The Morgan fingerprint density at radius 3 is 2.10 bits per heavy atom. The van der Waals surface area contributed by atoms with Crippen LogP contribution < -0.4 is 0 Å². The molecule has 0 N–H and O–H groups in total. The van der Waals surface area contributed by atoms with Crippen LogP contribution in [0.4, 0.5) is 0 Å². The molecule has 4 atom stereocenters. The van der Waals surface area contributed by atoms with Crippen molar-refractivity contribution < 1.29 is 33.3 Å². The van der Waals surface area contributed by atoms with Gasteiger partial charge in [-0.1, -0.05) is 30.1 Å². The Bertz CT molecular complexity index is 790. The van der Waals surface area contributed by atoms with Crippen LogP contribution in [0.3, 0.4) is 0 Å². The molecular weight excluding hydrogens is 388 g/mol. The number of methoxy groups -OCH3 is 1. The molecule has 0 fully saturated rings. The van der Waals surface area contributed by atoms with Crippen LogP contribution in [0.15, 0.2) is 35.5 Å². The van der Waals surface area contributed by atoms with Gasteiger partial charge >= 0.3 is 17.9 Å². The molecule has 0 radical (unpaired) electrons. The molecule has 0 aromatic carbocycles. The molecule has 0 aromatic rings. The van der Waals surface area contributed by atoms with Gasteiger partial charge in [-0.05, 0) is 38.3 Å². The lowest BCUT2D eigenvalue weighted by Crippen LogP contribution is -2.53. The van der Waals surface area contributed by atoms with Crippen molar-refractivity contribution >= 4 is 17.9 Å². The van der Waals surface area contributed by atoms with Crippen LogP contribution in [0.1, 0.15) is 47.5 Å². The molecule has 0 amide bonds. The number of carbonyl (C=O) groups is 3. The van der Waals surface area contributed by atoms with Crippen molar-refractivity contribution in [2.24, 2.45) is 0 Å². The maximum Gasteiger partial charge on any atom is 0.303 e. The highest BCUT2D eigenvalue weighted by atomic mass is 16.6. The van der Waals surface area contributed by atoms with Crippen molar-refractivity contribution in [3.05, 3.63) is 35.5 Å². The predicted molar refractivity (Wildman–Crippen MR) is 111 cm³/mol. The average molecular weight is 418 g/mol. The van der Waals surface area contributed by atoms with E-state index in [-0.39, 0.29) is 0 Å². The monoisotopic (exact) mass is 418 g/mol. The van der Waals surface area contributed by atoms with E-state index < -0.39 is 42.3 Å². The fourth-order valence-corrected chi connectivity index (χ4v) is 2.96. The molecule has 0 saturated heterocycles. The van der Waals surface area contributed by atoms with E-state index in [0.717, 1.165) is 6.42 Å². The molecule has 0 spiro atoms. The number of esters is 3. The molecule has 0 bridgehead atoms. The van der Waals surface area contributed by atoms with Gasteiger partial charge in [0.05, 0.1) is 0 Å². The van der Waals surface area contributed by atoms with Gasteiger partial charge in [0.1, 0.15) is 6.10 Å². The summed E-state index contributed by atoms with van der Waals surface area (Å²) in [6, 6.07) is 0. The van der Waals surface area contributed by atoms with Gasteiger partial charge in [0.2, 0.25) is 0 Å². The highest BCUT2D eigenvalue weighted by Gasteiger charge is 2.46. The van der Waals surface area contributed by atoms with Gasteiger partial charge in [0, 0.05) is 33.5 Å². The Morgan fingerprint density at radius 1 is 1.00 bits per heavy atom. The lowest BCUT2D eigenvalue weighted by atomic mass is 9.88. The Balaban J connectivity index is 3.31. The number of allylic oxidation sites excluding steroid dienone is 3. The second-order valence-corrected chi connectivity index (χ2v) is 7.17. The van der Waals surface area contributed by atoms with Crippen molar-refractivity contribution in [1.82, 2.24) is 0 Å². The summed E-state index contributed by atoms with van der Waals surface area (Å²) in [6.45, 7) is 11.7. The van der Waals surface area contributed by atoms with Crippen LogP contribution in [0.5, 0.6) is 0 Å². The Kier molecular flexibility index (Phi) is 10.1. The van der Waals surface area contributed by atoms with Crippen LogP contribution in [-0.2, 0) is 33.3 Å². The van der Waals surface area contributed by atoms with Gasteiger partial charge in [-0.25, -0.2) is 0 Å². The van der Waals surface area contributed by atoms with E-state index in [1.165, 1.54) is 33.5 Å². The SMILES string of the molecule is C=C(C#CC1=C[C@H](OC(C)=O)[C@H](OC)[C@@H](OC(C)=O)[C@H]1OC(C)=O)CCC=C(C)C. The van der Waals surface area contributed by atoms with Crippen LogP contribution in [-0.4, -0.2) is 49.4 Å². The largest absolute Gasteiger partial charge is 0.455 e. The number of rotatable bonds is 7. The van der Waals surface area contributed by atoms with E-state index in [4.69, 9.17) is 18.9 Å². The maximum atomic E-state index is 11.7. The molecule has 0 unspecified atom stereocenters. The molecular formula is C23H30O7. The molecule has 7 nitrogen and oxygen atoms in total. The second-order valence-electron chi connectivity index (χ2n) is 7.17. The topological polar surface area (TPSA) is 88.1 Å². The van der Waals surface area contributed by atoms with E-state index in [2.05, 4.69) is 24.5 Å². The summed E-state index contributed by atoms with van der Waals surface area (Å²) in [7, 11) is 1.39. The highest BCUT2D eigenvalue weighted by molar-refractivity contribution is 5.69. The summed E-state index contributed by atoms with van der Waals surface area (Å²) >= 11 is 0. The fraction of sp³-hybridized carbons (Fsp3) is 0.522. The quantitative estimate of drug-likeness (QED) is 0.272. The van der Waals surface area contributed by atoms with E-state index in [9.17, 15) is 14.4 Å². The van der Waals surface area contributed by atoms with Gasteiger partial charge < -0.3 is 18.9 Å². The van der Waals surface area contributed by atoms with Gasteiger partial charge in [-0.2, -0.15) is 0 Å². The van der Waals surface area contributed by atoms with E-state index in [1.54, 1.807) is 6.08 Å². The van der Waals surface area contributed by atoms with Crippen molar-refractivity contribution in [3.63, 3.8) is 0 Å². The van der Waals surface area contributed by atoms with Crippen LogP contribution >= 0.6 is 0 Å². The fourth-order valence-electron chi connectivity index (χ4n) is 2.96. The molecule has 0 saturated carbocycles. The van der Waals surface area contributed by atoms with E-state index >= 15 is 0 Å². The van der Waals surface area contributed by atoms with E-state index in [0.29, 0.717) is 17.6 Å². The van der Waals surface area contributed by atoms with Gasteiger partial charge in [0.25, 0.3) is 0 Å². The normalized spacial score (nSPS) is 22.5. The average Bonchev–Trinajstić information content (AvgIpc) is 2.61. The summed E-state index contributed by atoms with van der Waals surface area (Å²) in [6.07, 6.45) is 1.35. The molecule has 1 aliphatic carbocycles. The molecule has 0 aliphatic heterocycles. The van der Waals surface area contributed by atoms with Crippen molar-refractivity contribution in [2.75, 3.05) is 7.11 Å². The summed E-state index contributed by atoms with van der Waals surface area (Å²) in [5.41, 5.74) is 2.25. The third-order valence-corrected chi connectivity index (χ3v) is 4.15. The lowest BCUT2D eigenvalue weighted by Gasteiger charge is -2.38. The first-order chi connectivity index (χ1) is 14.0.